The van der Waals surface area contributed by atoms with Crippen LogP contribution in [-0.4, -0.2) is 43.4 Å². The van der Waals surface area contributed by atoms with Crippen molar-refractivity contribution in [1.82, 2.24) is 24.3 Å². The molecule has 1 unspecified atom stereocenters. The normalized spacial score (nSPS) is 21.5. The van der Waals surface area contributed by atoms with Crippen LogP contribution in [0.2, 0.25) is 0 Å². The molecule has 2 aliphatic rings. The second kappa shape index (κ2) is 8.77. The highest BCUT2D eigenvalue weighted by molar-refractivity contribution is 7.99. The lowest BCUT2D eigenvalue weighted by Crippen LogP contribution is -2.40. The van der Waals surface area contributed by atoms with Gasteiger partial charge in [0.05, 0.1) is 35.1 Å². The van der Waals surface area contributed by atoms with Gasteiger partial charge < -0.3 is 4.90 Å². The Balaban J connectivity index is 1.42. The fraction of sp³-hybridized carbons (Fsp3) is 0.333. The van der Waals surface area contributed by atoms with Crippen LogP contribution in [0.25, 0.3) is 16.6 Å². The number of nitrogens with zero attached hydrogens (tertiary/aromatic N) is 7. The summed E-state index contributed by atoms with van der Waals surface area (Å²) in [6.07, 6.45) is 10.1. The van der Waals surface area contributed by atoms with Crippen molar-refractivity contribution in [3.63, 3.8) is 0 Å². The van der Waals surface area contributed by atoms with Crippen LogP contribution < -0.4 is 0 Å². The van der Waals surface area contributed by atoms with Crippen molar-refractivity contribution in [3.8, 4) is 23.3 Å². The molecule has 180 valence electrons. The molecule has 36 heavy (non-hydrogen) atoms. The van der Waals surface area contributed by atoms with Crippen molar-refractivity contribution in [2.45, 2.75) is 60.5 Å². The molecule has 6 rings (SSSR count). The van der Waals surface area contributed by atoms with Crippen molar-refractivity contribution < 1.29 is 4.39 Å². The SMILES string of the molecule is Cc1c(-c2cc(Sc3ccc(F)cc3C#N)c3c(C#N)cnn3c2)cnn1C1C[C@H]2CC[C@@H](C1)N2C. The molecular weight excluding hydrogens is 473 g/mol. The number of halogens is 1. The van der Waals surface area contributed by atoms with E-state index in [4.69, 9.17) is 5.10 Å². The molecule has 3 atom stereocenters. The van der Waals surface area contributed by atoms with Gasteiger partial charge in [0.15, 0.2) is 0 Å². The molecule has 0 aliphatic carbocycles. The summed E-state index contributed by atoms with van der Waals surface area (Å²) >= 11 is 1.34. The first kappa shape index (κ1) is 22.8. The van der Waals surface area contributed by atoms with Crippen LogP contribution in [0.5, 0.6) is 0 Å². The molecule has 2 bridgehead atoms. The number of pyridine rings is 1. The molecule has 2 fully saturated rings. The van der Waals surface area contributed by atoms with Crippen LogP contribution in [0.1, 0.15) is 48.5 Å². The third kappa shape index (κ3) is 3.67. The van der Waals surface area contributed by atoms with E-state index in [9.17, 15) is 14.9 Å². The third-order valence-electron chi connectivity index (χ3n) is 7.75. The Hall–Kier alpha value is -3.66. The summed E-state index contributed by atoms with van der Waals surface area (Å²) in [5.41, 5.74) is 4.40. The van der Waals surface area contributed by atoms with Crippen molar-refractivity contribution in [2.75, 3.05) is 7.05 Å². The zero-order valence-electron chi connectivity index (χ0n) is 20.0. The number of hydrogen-bond acceptors (Lipinski definition) is 6. The Bertz CT molecular complexity index is 1560. The van der Waals surface area contributed by atoms with Gasteiger partial charge in [-0.2, -0.15) is 20.7 Å². The average molecular weight is 498 g/mol. The molecule has 0 spiro atoms. The lowest BCUT2D eigenvalue weighted by Gasteiger charge is -2.36. The molecule has 9 heteroatoms. The molecule has 4 aromatic rings. The minimum atomic E-state index is -0.456. The van der Waals surface area contributed by atoms with Gasteiger partial charge in [-0.3, -0.25) is 4.68 Å². The van der Waals surface area contributed by atoms with Gasteiger partial charge in [-0.1, -0.05) is 11.8 Å². The Labute approximate surface area is 212 Å². The van der Waals surface area contributed by atoms with Gasteiger partial charge in [0.1, 0.15) is 18.0 Å². The first-order valence-electron chi connectivity index (χ1n) is 12.0. The number of hydrogen-bond donors (Lipinski definition) is 0. The maximum atomic E-state index is 13.7. The number of rotatable bonds is 4. The maximum Gasteiger partial charge on any atom is 0.124 e. The molecule has 2 aliphatic heterocycles. The number of aromatic nitrogens is 4. The first-order chi connectivity index (χ1) is 17.5. The van der Waals surface area contributed by atoms with Gasteiger partial charge in [0, 0.05) is 44.9 Å². The Kier molecular flexibility index (Phi) is 5.55. The highest BCUT2D eigenvalue weighted by Gasteiger charge is 2.39. The molecule has 0 saturated carbocycles. The summed E-state index contributed by atoms with van der Waals surface area (Å²) in [4.78, 5) is 3.93. The fourth-order valence-electron chi connectivity index (χ4n) is 5.85. The van der Waals surface area contributed by atoms with Crippen LogP contribution in [0.3, 0.4) is 0 Å². The summed E-state index contributed by atoms with van der Waals surface area (Å²) in [7, 11) is 2.24. The summed E-state index contributed by atoms with van der Waals surface area (Å²) in [5.74, 6) is -0.456. The quantitative estimate of drug-likeness (QED) is 0.378. The summed E-state index contributed by atoms with van der Waals surface area (Å²) in [6.45, 7) is 2.11. The zero-order chi connectivity index (χ0) is 25.0. The third-order valence-corrected chi connectivity index (χ3v) is 8.86. The highest BCUT2D eigenvalue weighted by atomic mass is 32.2. The predicted octanol–water partition coefficient (Wildman–Crippen LogP) is 5.34. The van der Waals surface area contributed by atoms with Gasteiger partial charge in [-0.25, -0.2) is 8.91 Å². The van der Waals surface area contributed by atoms with Gasteiger partial charge in [0.25, 0.3) is 0 Å². The standard InChI is InChI=1S/C27H24FN7S/c1-16-24(14-32-35(16)23-9-21-4-5-22(10-23)33(21)2)18-8-26(27-19(12-30)13-31-34(27)15-18)36-25-6-3-20(28)7-17(25)11-29/h3,6-8,13-15,21-23H,4-5,9-10H2,1-2H3/t21-,22+,23?. The number of fused-ring (bicyclic) bond motifs is 3. The van der Waals surface area contributed by atoms with Crippen LogP contribution >= 0.6 is 11.8 Å². The van der Waals surface area contributed by atoms with Gasteiger partial charge in [-0.15, -0.1) is 0 Å². The Morgan fingerprint density at radius 1 is 0.972 bits per heavy atom. The monoisotopic (exact) mass is 497 g/mol. The van der Waals surface area contributed by atoms with Crippen molar-refractivity contribution in [2.24, 2.45) is 0 Å². The predicted molar refractivity (Wildman–Crippen MR) is 134 cm³/mol. The van der Waals surface area contributed by atoms with Gasteiger partial charge in [0.2, 0.25) is 0 Å². The number of benzene rings is 1. The van der Waals surface area contributed by atoms with Crippen molar-refractivity contribution in [3.05, 3.63) is 65.5 Å². The summed E-state index contributed by atoms with van der Waals surface area (Å²) in [5, 5.41) is 28.4. The van der Waals surface area contributed by atoms with Crippen LogP contribution in [0.15, 0.2) is 52.6 Å². The lowest BCUT2D eigenvalue weighted by molar-refractivity contribution is 0.130. The van der Waals surface area contributed by atoms with E-state index in [1.807, 2.05) is 18.5 Å². The second-order valence-electron chi connectivity index (χ2n) is 9.67. The molecule has 1 aromatic carbocycles. The highest BCUT2D eigenvalue weighted by Crippen LogP contribution is 2.42. The number of nitriles is 2. The molecule has 0 amide bonds. The van der Waals surface area contributed by atoms with Crippen LogP contribution in [-0.2, 0) is 0 Å². The second-order valence-corrected chi connectivity index (χ2v) is 10.8. The van der Waals surface area contributed by atoms with E-state index in [1.165, 1.54) is 36.7 Å². The van der Waals surface area contributed by atoms with Crippen LogP contribution in [0, 0.1) is 35.4 Å². The van der Waals surface area contributed by atoms with E-state index in [0.717, 1.165) is 34.6 Å². The molecule has 7 nitrogen and oxygen atoms in total. The van der Waals surface area contributed by atoms with E-state index in [2.05, 4.69) is 40.8 Å². The molecular formula is C27H24FN7S. The largest absolute Gasteiger partial charge is 0.300 e. The van der Waals surface area contributed by atoms with E-state index >= 15 is 0 Å². The van der Waals surface area contributed by atoms with Gasteiger partial charge in [-0.05, 0) is 63.9 Å². The summed E-state index contributed by atoms with van der Waals surface area (Å²) < 4.78 is 17.6. The Morgan fingerprint density at radius 2 is 1.72 bits per heavy atom. The fourth-order valence-corrected chi connectivity index (χ4v) is 6.92. The maximum absolute atomic E-state index is 13.7. The first-order valence-corrected chi connectivity index (χ1v) is 12.8. The van der Waals surface area contributed by atoms with Crippen LogP contribution in [0.4, 0.5) is 4.39 Å². The zero-order valence-corrected chi connectivity index (χ0v) is 20.8. The Morgan fingerprint density at radius 3 is 2.44 bits per heavy atom. The molecule has 3 aromatic heterocycles. The lowest BCUT2D eigenvalue weighted by atomic mass is 9.97. The van der Waals surface area contributed by atoms with E-state index < -0.39 is 5.82 Å². The topological polar surface area (TPSA) is 85.9 Å². The smallest absolute Gasteiger partial charge is 0.124 e. The molecule has 2 saturated heterocycles. The summed E-state index contributed by atoms with van der Waals surface area (Å²) in [6, 6.07) is 12.1. The molecule has 5 heterocycles. The number of piperidine rings is 1. The molecule has 0 N–H and O–H groups in total. The minimum Gasteiger partial charge on any atom is -0.300 e. The molecule has 0 radical (unpaired) electrons. The van der Waals surface area contributed by atoms with E-state index in [1.54, 1.807) is 16.8 Å². The average Bonchev–Trinajstić information content (AvgIpc) is 3.52. The van der Waals surface area contributed by atoms with E-state index in [-0.39, 0.29) is 5.56 Å². The van der Waals surface area contributed by atoms with Crippen molar-refractivity contribution in [1.29, 1.82) is 10.5 Å². The van der Waals surface area contributed by atoms with Crippen molar-refractivity contribution >= 4 is 17.3 Å². The van der Waals surface area contributed by atoms with E-state index in [0.29, 0.717) is 34.1 Å². The minimum absolute atomic E-state index is 0.252. The van der Waals surface area contributed by atoms with Gasteiger partial charge >= 0.3 is 0 Å².